The Hall–Kier alpha value is -1.23. The molecule has 0 spiro atoms. The summed E-state index contributed by atoms with van der Waals surface area (Å²) in [6.07, 6.45) is 1.91. The second-order valence-corrected chi connectivity index (χ2v) is 4.05. The second-order valence-electron chi connectivity index (χ2n) is 3.30. The Labute approximate surface area is 90.5 Å². The lowest BCUT2D eigenvalue weighted by Crippen LogP contribution is -2.08. The first-order chi connectivity index (χ1) is 6.59. The third kappa shape index (κ3) is 1.33. The van der Waals surface area contributed by atoms with Crippen LogP contribution in [0.2, 0.25) is 0 Å². The van der Waals surface area contributed by atoms with E-state index in [0.29, 0.717) is 5.95 Å². The fraction of sp³-hybridized carbons (Fsp3) is 0.222. The molecule has 2 heterocycles. The van der Waals surface area contributed by atoms with Crippen LogP contribution in [-0.4, -0.2) is 23.5 Å². The summed E-state index contributed by atoms with van der Waals surface area (Å²) in [6, 6.07) is 4.03. The molecule has 0 saturated carbocycles. The highest BCUT2D eigenvalue weighted by Crippen LogP contribution is 2.23. The predicted molar refractivity (Wildman–Crippen MR) is 61.6 cm³/mol. The lowest BCUT2D eigenvalue weighted by molar-refractivity contribution is 1.11. The molecule has 0 atom stereocenters. The van der Waals surface area contributed by atoms with Gasteiger partial charge in [0.2, 0.25) is 5.95 Å². The summed E-state index contributed by atoms with van der Waals surface area (Å²) in [5.41, 5.74) is 7.81. The van der Waals surface area contributed by atoms with E-state index >= 15 is 0 Å². The number of anilines is 2. The van der Waals surface area contributed by atoms with Gasteiger partial charge in [0, 0.05) is 26.0 Å². The fourth-order valence-corrected chi connectivity index (χ4v) is 1.82. The minimum absolute atomic E-state index is 0.497. The van der Waals surface area contributed by atoms with Gasteiger partial charge < -0.3 is 10.6 Å². The van der Waals surface area contributed by atoms with E-state index in [1.807, 2.05) is 41.7 Å². The maximum absolute atomic E-state index is 5.71. The van der Waals surface area contributed by atoms with Crippen LogP contribution < -0.4 is 10.6 Å². The van der Waals surface area contributed by atoms with Crippen molar-refractivity contribution in [3.05, 3.63) is 22.9 Å². The van der Waals surface area contributed by atoms with E-state index < -0.39 is 0 Å². The van der Waals surface area contributed by atoms with Gasteiger partial charge in [0.25, 0.3) is 0 Å². The van der Waals surface area contributed by atoms with Crippen molar-refractivity contribution in [3.63, 3.8) is 0 Å². The Balaban J connectivity index is 2.71. The summed E-state index contributed by atoms with van der Waals surface area (Å²) in [5.74, 6) is 0.497. The van der Waals surface area contributed by atoms with Gasteiger partial charge in [0.05, 0.1) is 5.52 Å². The highest BCUT2D eigenvalue weighted by atomic mass is 79.9. The monoisotopic (exact) mass is 254 g/mol. The summed E-state index contributed by atoms with van der Waals surface area (Å²) in [5, 5.41) is 0. The molecule has 2 N–H and O–H groups in total. The molecule has 5 heteroatoms. The van der Waals surface area contributed by atoms with Crippen LogP contribution in [0, 0.1) is 0 Å². The lowest BCUT2D eigenvalue weighted by Gasteiger charge is -2.12. The first-order valence-corrected chi connectivity index (χ1v) is 4.99. The fourth-order valence-electron chi connectivity index (χ4n) is 1.34. The van der Waals surface area contributed by atoms with Crippen LogP contribution in [0.1, 0.15) is 0 Å². The van der Waals surface area contributed by atoms with E-state index in [1.165, 1.54) is 0 Å². The van der Waals surface area contributed by atoms with Crippen LogP contribution in [0.15, 0.2) is 22.9 Å². The normalized spacial score (nSPS) is 10.8. The number of nitrogens with two attached hydrogens (primary N) is 1. The number of hydrogen-bond acceptors (Lipinski definition) is 3. The number of imidazole rings is 1. The van der Waals surface area contributed by atoms with Gasteiger partial charge in [-0.1, -0.05) is 0 Å². The van der Waals surface area contributed by atoms with Crippen molar-refractivity contribution >= 4 is 33.1 Å². The average Bonchev–Trinajstić information content (AvgIpc) is 2.42. The van der Waals surface area contributed by atoms with Gasteiger partial charge >= 0.3 is 0 Å². The zero-order chi connectivity index (χ0) is 10.3. The molecule has 0 aliphatic heterocycles. The van der Waals surface area contributed by atoms with Crippen LogP contribution in [-0.2, 0) is 0 Å². The molecular weight excluding hydrogens is 244 g/mol. The van der Waals surface area contributed by atoms with Gasteiger partial charge in [-0.25, -0.2) is 4.98 Å². The minimum atomic E-state index is 0.497. The largest absolute Gasteiger partial charge is 0.378 e. The van der Waals surface area contributed by atoms with Crippen molar-refractivity contribution in [2.24, 2.45) is 0 Å². The third-order valence-corrected chi connectivity index (χ3v) is 2.71. The Morgan fingerprint density at radius 3 is 2.86 bits per heavy atom. The number of nitrogens with zero attached hydrogens (tertiary/aromatic N) is 3. The van der Waals surface area contributed by atoms with Crippen molar-refractivity contribution in [1.82, 2.24) is 9.38 Å². The quantitative estimate of drug-likeness (QED) is 0.844. The van der Waals surface area contributed by atoms with E-state index in [9.17, 15) is 0 Å². The summed E-state index contributed by atoms with van der Waals surface area (Å²) in [7, 11) is 4.00. The minimum Gasteiger partial charge on any atom is -0.378 e. The van der Waals surface area contributed by atoms with Crippen LogP contribution in [0.5, 0.6) is 0 Å². The first kappa shape index (κ1) is 9.33. The molecule has 2 aromatic rings. The number of nitrogen functional groups attached to an aromatic ring is 1. The van der Waals surface area contributed by atoms with Crippen molar-refractivity contribution in [2.45, 2.75) is 0 Å². The molecule has 0 fully saturated rings. The number of pyridine rings is 1. The Morgan fingerprint density at radius 1 is 1.50 bits per heavy atom. The maximum Gasteiger partial charge on any atom is 0.205 e. The molecule has 0 radical (unpaired) electrons. The third-order valence-electron chi connectivity index (χ3n) is 2.13. The molecule has 74 valence electrons. The molecule has 2 rings (SSSR count). The van der Waals surface area contributed by atoms with Crippen molar-refractivity contribution < 1.29 is 0 Å². The van der Waals surface area contributed by atoms with Crippen molar-refractivity contribution in [3.8, 4) is 0 Å². The molecule has 14 heavy (non-hydrogen) atoms. The Bertz CT molecular complexity index is 475. The van der Waals surface area contributed by atoms with Crippen LogP contribution in [0.4, 0.5) is 11.6 Å². The second kappa shape index (κ2) is 3.16. The standard InChI is InChI=1S/C9H11BrN4/c1-13(2)6-3-4-14-7(5-6)8(10)12-9(14)11/h3-5H,1-2H3,(H2,11,12). The van der Waals surface area contributed by atoms with Gasteiger partial charge in [0.15, 0.2) is 0 Å². The van der Waals surface area contributed by atoms with Crippen LogP contribution in [0.3, 0.4) is 0 Å². The number of rotatable bonds is 1. The molecule has 2 aromatic heterocycles. The van der Waals surface area contributed by atoms with Gasteiger partial charge in [-0.2, -0.15) is 0 Å². The zero-order valence-electron chi connectivity index (χ0n) is 8.03. The first-order valence-electron chi connectivity index (χ1n) is 4.20. The Morgan fingerprint density at radius 2 is 2.21 bits per heavy atom. The Kier molecular flexibility index (Phi) is 2.11. The van der Waals surface area contributed by atoms with Gasteiger partial charge in [-0.05, 0) is 28.1 Å². The van der Waals surface area contributed by atoms with Crippen LogP contribution >= 0.6 is 15.9 Å². The summed E-state index contributed by atoms with van der Waals surface area (Å²) in [4.78, 5) is 6.17. The van der Waals surface area contributed by atoms with E-state index in [4.69, 9.17) is 5.73 Å². The molecule has 0 amide bonds. The molecule has 0 aliphatic rings. The molecule has 0 unspecified atom stereocenters. The summed E-state index contributed by atoms with van der Waals surface area (Å²) in [6.45, 7) is 0. The molecule has 0 saturated heterocycles. The molecule has 0 bridgehead atoms. The van der Waals surface area contributed by atoms with Gasteiger partial charge in [-0.3, -0.25) is 4.40 Å². The number of halogens is 1. The molecule has 4 nitrogen and oxygen atoms in total. The molecule has 0 aliphatic carbocycles. The highest BCUT2D eigenvalue weighted by molar-refractivity contribution is 9.10. The smallest absolute Gasteiger partial charge is 0.205 e. The summed E-state index contributed by atoms with van der Waals surface area (Å²) >= 11 is 3.37. The average molecular weight is 255 g/mol. The molecule has 0 aromatic carbocycles. The molecular formula is C9H11BrN4. The number of aromatic nitrogens is 2. The zero-order valence-corrected chi connectivity index (χ0v) is 9.62. The van der Waals surface area contributed by atoms with E-state index in [1.54, 1.807) is 0 Å². The highest BCUT2D eigenvalue weighted by Gasteiger charge is 2.06. The SMILES string of the molecule is CN(C)c1ccn2c(N)nc(Br)c2c1. The van der Waals surface area contributed by atoms with Crippen molar-refractivity contribution in [1.29, 1.82) is 0 Å². The van der Waals surface area contributed by atoms with Crippen molar-refractivity contribution in [2.75, 3.05) is 24.7 Å². The van der Waals surface area contributed by atoms with Crippen LogP contribution in [0.25, 0.3) is 5.52 Å². The number of fused-ring (bicyclic) bond motifs is 1. The predicted octanol–water partition coefficient (Wildman–Crippen LogP) is 1.74. The maximum atomic E-state index is 5.71. The topological polar surface area (TPSA) is 46.6 Å². The van der Waals surface area contributed by atoms with Gasteiger partial charge in [-0.15, -0.1) is 0 Å². The summed E-state index contributed by atoms with van der Waals surface area (Å²) < 4.78 is 2.62. The van der Waals surface area contributed by atoms with E-state index in [0.717, 1.165) is 15.8 Å². The van der Waals surface area contributed by atoms with Gasteiger partial charge in [0.1, 0.15) is 4.60 Å². The number of hydrogen-bond donors (Lipinski definition) is 1. The van der Waals surface area contributed by atoms with E-state index in [-0.39, 0.29) is 0 Å². The van der Waals surface area contributed by atoms with E-state index in [2.05, 4.69) is 20.9 Å². The lowest BCUT2D eigenvalue weighted by atomic mass is 10.3.